The standard InChI is InChI=1S/C29H21NO7/c1-34-21-9-7-15(11-23(21)35-2)12-24-27(32)17-8-10-22-26(28(17)37-24)18(14-25(31)36-22)19-13-16-5-3-4-6-20(16)30-29(19)33/h3-13,18H,14H2,1-2H3,(H,30,33). The van der Waals surface area contributed by atoms with Crippen LogP contribution in [-0.4, -0.2) is 31.0 Å². The molecule has 1 unspecified atom stereocenters. The number of aromatic amines is 1. The average molecular weight is 495 g/mol. The van der Waals surface area contributed by atoms with Crippen LogP contribution in [0.3, 0.4) is 0 Å². The van der Waals surface area contributed by atoms with E-state index in [9.17, 15) is 14.4 Å². The molecule has 3 aromatic carbocycles. The van der Waals surface area contributed by atoms with Crippen molar-refractivity contribution in [2.45, 2.75) is 12.3 Å². The number of allylic oxidation sites excluding steroid dienone is 1. The Morgan fingerprint density at radius 1 is 0.919 bits per heavy atom. The van der Waals surface area contributed by atoms with Gasteiger partial charge in [-0.3, -0.25) is 14.4 Å². The maximum atomic E-state index is 13.3. The first-order valence-electron chi connectivity index (χ1n) is 11.6. The van der Waals surface area contributed by atoms with Crippen LogP contribution in [0.4, 0.5) is 0 Å². The fourth-order valence-corrected chi connectivity index (χ4v) is 4.89. The Bertz CT molecular complexity index is 1700. The predicted octanol–water partition coefficient (Wildman–Crippen LogP) is 4.60. The maximum absolute atomic E-state index is 13.3. The van der Waals surface area contributed by atoms with Crippen molar-refractivity contribution in [2.24, 2.45) is 0 Å². The van der Waals surface area contributed by atoms with Gasteiger partial charge in [-0.25, -0.2) is 0 Å². The number of rotatable bonds is 4. The SMILES string of the molecule is COc1ccc(C=C2Oc3c(ccc4c3C(c3cc5ccccc5[nH]c3=O)CC(=O)O4)C2=O)cc1OC. The van der Waals surface area contributed by atoms with Gasteiger partial charge in [-0.05, 0) is 53.4 Å². The fourth-order valence-electron chi connectivity index (χ4n) is 4.89. The molecule has 37 heavy (non-hydrogen) atoms. The number of methoxy groups -OCH3 is 2. The van der Waals surface area contributed by atoms with E-state index in [1.165, 1.54) is 7.11 Å². The second kappa shape index (κ2) is 8.67. The Labute approximate surface area is 211 Å². The van der Waals surface area contributed by atoms with E-state index in [-0.39, 0.29) is 29.3 Å². The maximum Gasteiger partial charge on any atom is 0.312 e. The summed E-state index contributed by atoms with van der Waals surface area (Å²) in [5, 5.41) is 0.830. The van der Waals surface area contributed by atoms with Gasteiger partial charge in [0.2, 0.25) is 5.78 Å². The molecular formula is C29H21NO7. The largest absolute Gasteiger partial charge is 0.493 e. The van der Waals surface area contributed by atoms with Crippen LogP contribution in [0.1, 0.15) is 39.4 Å². The van der Waals surface area contributed by atoms with Crippen molar-refractivity contribution in [3.05, 3.63) is 99.0 Å². The van der Waals surface area contributed by atoms with Gasteiger partial charge >= 0.3 is 5.97 Å². The molecule has 184 valence electrons. The minimum atomic E-state index is -0.646. The average Bonchev–Trinajstić information content (AvgIpc) is 3.22. The molecule has 2 aliphatic rings. The third-order valence-corrected chi connectivity index (χ3v) is 6.64. The van der Waals surface area contributed by atoms with Gasteiger partial charge in [0, 0.05) is 22.6 Å². The lowest BCUT2D eigenvalue weighted by molar-refractivity contribution is -0.135. The molecular weight excluding hydrogens is 474 g/mol. The third kappa shape index (κ3) is 3.74. The summed E-state index contributed by atoms with van der Waals surface area (Å²) in [6.45, 7) is 0. The van der Waals surface area contributed by atoms with E-state index in [4.69, 9.17) is 18.9 Å². The second-order valence-corrected chi connectivity index (χ2v) is 8.78. The smallest absolute Gasteiger partial charge is 0.312 e. The first-order chi connectivity index (χ1) is 18.0. The lowest BCUT2D eigenvalue weighted by Crippen LogP contribution is -2.26. The van der Waals surface area contributed by atoms with Crippen LogP contribution < -0.4 is 24.5 Å². The molecule has 0 bridgehead atoms. The highest BCUT2D eigenvalue weighted by molar-refractivity contribution is 6.15. The highest BCUT2D eigenvalue weighted by Gasteiger charge is 2.39. The number of hydrogen-bond donors (Lipinski definition) is 1. The Morgan fingerprint density at radius 3 is 2.54 bits per heavy atom. The number of para-hydroxylation sites is 1. The number of pyridine rings is 1. The molecule has 0 radical (unpaired) electrons. The van der Waals surface area contributed by atoms with Crippen LogP contribution in [0.5, 0.6) is 23.0 Å². The monoisotopic (exact) mass is 495 g/mol. The quantitative estimate of drug-likeness (QED) is 0.251. The van der Waals surface area contributed by atoms with Crippen molar-refractivity contribution in [1.29, 1.82) is 0 Å². The van der Waals surface area contributed by atoms with E-state index in [0.717, 1.165) is 5.39 Å². The van der Waals surface area contributed by atoms with Gasteiger partial charge in [-0.15, -0.1) is 0 Å². The van der Waals surface area contributed by atoms with Gasteiger partial charge < -0.3 is 23.9 Å². The van der Waals surface area contributed by atoms with E-state index in [1.54, 1.807) is 49.6 Å². The zero-order valence-corrected chi connectivity index (χ0v) is 20.0. The number of ether oxygens (including phenoxy) is 4. The zero-order chi connectivity index (χ0) is 25.7. The second-order valence-electron chi connectivity index (χ2n) is 8.78. The number of carbonyl (C=O) groups excluding carboxylic acids is 2. The van der Waals surface area contributed by atoms with Crippen LogP contribution in [-0.2, 0) is 4.79 Å². The van der Waals surface area contributed by atoms with Crippen LogP contribution >= 0.6 is 0 Å². The van der Waals surface area contributed by atoms with Gasteiger partial charge in [-0.2, -0.15) is 0 Å². The number of Topliss-reactive ketones (excluding diaryl/α,β-unsaturated/α-hetero) is 1. The molecule has 3 heterocycles. The number of hydrogen-bond acceptors (Lipinski definition) is 7. The molecule has 4 aromatic rings. The van der Waals surface area contributed by atoms with Crippen molar-refractivity contribution in [1.82, 2.24) is 4.98 Å². The first-order valence-corrected chi connectivity index (χ1v) is 11.6. The molecule has 1 N–H and O–H groups in total. The molecule has 8 heteroatoms. The minimum Gasteiger partial charge on any atom is -0.493 e. The van der Waals surface area contributed by atoms with Gasteiger partial charge in [0.05, 0.1) is 26.2 Å². The molecule has 0 saturated carbocycles. The number of nitrogens with one attached hydrogen (secondary N) is 1. The lowest BCUT2D eigenvalue weighted by Gasteiger charge is -2.26. The van der Waals surface area contributed by atoms with Crippen LogP contribution in [0.25, 0.3) is 17.0 Å². The van der Waals surface area contributed by atoms with Gasteiger partial charge in [0.15, 0.2) is 17.3 Å². The summed E-state index contributed by atoms with van der Waals surface area (Å²) >= 11 is 0. The van der Waals surface area contributed by atoms with Crippen LogP contribution in [0, 0.1) is 0 Å². The van der Waals surface area contributed by atoms with E-state index >= 15 is 0 Å². The van der Waals surface area contributed by atoms with E-state index < -0.39 is 11.9 Å². The van der Waals surface area contributed by atoms with E-state index in [2.05, 4.69) is 4.98 Å². The molecule has 0 aliphatic carbocycles. The molecule has 8 nitrogen and oxygen atoms in total. The summed E-state index contributed by atoms with van der Waals surface area (Å²) in [5.74, 6) is 0.329. The summed E-state index contributed by atoms with van der Waals surface area (Å²) in [4.78, 5) is 41.8. The number of fused-ring (bicyclic) bond motifs is 4. The topological polar surface area (TPSA) is 104 Å². The molecule has 6 rings (SSSR count). The number of aromatic nitrogens is 1. The van der Waals surface area contributed by atoms with Crippen LogP contribution in [0.15, 0.2) is 71.2 Å². The van der Waals surface area contributed by atoms with E-state index in [1.807, 2.05) is 24.3 Å². The molecule has 1 aromatic heterocycles. The summed E-state index contributed by atoms with van der Waals surface area (Å²) in [7, 11) is 3.08. The summed E-state index contributed by atoms with van der Waals surface area (Å²) < 4.78 is 22.2. The molecule has 2 aliphatic heterocycles. The van der Waals surface area contributed by atoms with E-state index in [0.29, 0.717) is 45.0 Å². The van der Waals surface area contributed by atoms with Crippen molar-refractivity contribution >= 4 is 28.7 Å². The van der Waals surface area contributed by atoms with Crippen molar-refractivity contribution < 1.29 is 28.5 Å². The lowest BCUT2D eigenvalue weighted by atomic mass is 9.85. The number of benzene rings is 3. The molecule has 0 spiro atoms. The normalized spacial score (nSPS) is 17.2. The number of carbonyl (C=O) groups is 2. The predicted molar refractivity (Wildman–Crippen MR) is 136 cm³/mol. The van der Waals surface area contributed by atoms with Crippen molar-refractivity contribution in [2.75, 3.05) is 14.2 Å². The zero-order valence-electron chi connectivity index (χ0n) is 20.0. The van der Waals surface area contributed by atoms with Crippen molar-refractivity contribution in [3.63, 3.8) is 0 Å². The molecule has 0 amide bonds. The Hall–Kier alpha value is -4.85. The fraction of sp³-hybridized carbons (Fsp3) is 0.138. The van der Waals surface area contributed by atoms with Crippen LogP contribution in [0.2, 0.25) is 0 Å². The summed E-state index contributed by atoms with van der Waals surface area (Å²) in [6, 6.07) is 17.6. The summed E-state index contributed by atoms with van der Waals surface area (Å²) in [5.41, 5.74) is 2.30. The number of esters is 1. The third-order valence-electron chi connectivity index (χ3n) is 6.64. The minimum absolute atomic E-state index is 0.0584. The van der Waals surface area contributed by atoms with Gasteiger partial charge in [0.1, 0.15) is 11.5 Å². The van der Waals surface area contributed by atoms with Gasteiger partial charge in [0.25, 0.3) is 5.56 Å². The Kier molecular flexibility index (Phi) is 5.30. The van der Waals surface area contributed by atoms with Gasteiger partial charge in [-0.1, -0.05) is 24.3 Å². The molecule has 0 fully saturated rings. The summed E-state index contributed by atoms with van der Waals surface area (Å²) in [6.07, 6.45) is 1.56. The first kappa shape index (κ1) is 22.6. The van der Waals surface area contributed by atoms with Crippen molar-refractivity contribution in [3.8, 4) is 23.0 Å². The Morgan fingerprint density at radius 2 is 1.73 bits per heavy atom. The molecule has 1 atom stereocenters. The highest BCUT2D eigenvalue weighted by atomic mass is 16.5. The highest BCUT2D eigenvalue weighted by Crippen LogP contribution is 2.48. The number of ketones is 1. The molecule has 0 saturated heterocycles. The Balaban J connectivity index is 1.46. The number of H-pyrrole nitrogens is 1.